The van der Waals surface area contributed by atoms with Gasteiger partial charge in [-0.2, -0.15) is 0 Å². The van der Waals surface area contributed by atoms with E-state index < -0.39 is 0 Å². The fourth-order valence-corrected chi connectivity index (χ4v) is 2.92. The Balaban J connectivity index is 2.06. The quantitative estimate of drug-likeness (QED) is 0.748. The molecule has 0 aliphatic carbocycles. The lowest BCUT2D eigenvalue weighted by Crippen LogP contribution is -3.11. The van der Waals surface area contributed by atoms with Crippen LogP contribution >= 0.6 is 0 Å². The van der Waals surface area contributed by atoms with Crippen molar-refractivity contribution in [2.75, 3.05) is 19.6 Å². The summed E-state index contributed by atoms with van der Waals surface area (Å²) in [4.78, 5) is 1.64. The van der Waals surface area contributed by atoms with Crippen molar-refractivity contribution in [3.05, 3.63) is 71.8 Å². The van der Waals surface area contributed by atoms with Crippen LogP contribution in [0.5, 0.6) is 0 Å². The van der Waals surface area contributed by atoms with Crippen LogP contribution < -0.4 is 4.90 Å². The minimum atomic E-state index is 0.0131. The van der Waals surface area contributed by atoms with Crippen molar-refractivity contribution in [3.63, 3.8) is 0 Å². The summed E-state index contributed by atoms with van der Waals surface area (Å²) in [5.41, 5.74) is 2.45. The Bertz CT molecular complexity index is 497. The summed E-state index contributed by atoms with van der Waals surface area (Å²) in [5.74, 6) is 0. The number of hydrogen-bond acceptors (Lipinski definition) is 1. The van der Waals surface area contributed by atoms with Crippen molar-refractivity contribution < 1.29 is 9.64 Å². The fraction of sp³-hybridized carbons (Fsp3) is 0.429. The average molecular weight is 312 g/mol. The van der Waals surface area contributed by atoms with Crippen LogP contribution in [-0.2, 0) is 4.74 Å². The summed E-state index contributed by atoms with van der Waals surface area (Å²) >= 11 is 0. The molecule has 2 rings (SSSR count). The lowest BCUT2D eigenvalue weighted by molar-refractivity contribution is -0.896. The zero-order chi connectivity index (χ0) is 16.5. The Morgan fingerprint density at radius 2 is 1.30 bits per heavy atom. The third-order valence-corrected chi connectivity index (χ3v) is 4.48. The van der Waals surface area contributed by atoms with Gasteiger partial charge in [-0.15, -0.1) is 0 Å². The molecule has 0 saturated heterocycles. The Hall–Kier alpha value is -1.64. The molecule has 0 spiro atoms. The first kappa shape index (κ1) is 17.7. The fourth-order valence-electron chi connectivity index (χ4n) is 2.92. The molecule has 1 N–H and O–H groups in total. The first-order valence-electron chi connectivity index (χ1n) is 8.83. The van der Waals surface area contributed by atoms with Crippen molar-refractivity contribution in [1.82, 2.24) is 0 Å². The number of quaternary nitrogens is 1. The van der Waals surface area contributed by atoms with E-state index >= 15 is 0 Å². The SMILES string of the molecule is CC[NH+](CC)CCC(C)OC(c1ccccc1)c1ccccc1. The molecular formula is C21H30NO+. The maximum atomic E-state index is 6.45. The lowest BCUT2D eigenvalue weighted by Gasteiger charge is -2.24. The van der Waals surface area contributed by atoms with Gasteiger partial charge in [0.05, 0.1) is 25.7 Å². The average Bonchev–Trinajstić information content (AvgIpc) is 2.62. The van der Waals surface area contributed by atoms with Gasteiger partial charge in [-0.1, -0.05) is 60.7 Å². The van der Waals surface area contributed by atoms with Crippen LogP contribution in [0.4, 0.5) is 0 Å². The highest BCUT2D eigenvalue weighted by Gasteiger charge is 2.18. The van der Waals surface area contributed by atoms with Crippen molar-refractivity contribution in [3.8, 4) is 0 Å². The predicted octanol–water partition coefficient (Wildman–Crippen LogP) is 3.50. The van der Waals surface area contributed by atoms with E-state index in [0.717, 1.165) is 6.42 Å². The number of nitrogens with one attached hydrogen (secondary N) is 1. The number of ether oxygens (including phenoxy) is 1. The van der Waals surface area contributed by atoms with Gasteiger partial charge < -0.3 is 9.64 Å². The summed E-state index contributed by atoms with van der Waals surface area (Å²) in [7, 11) is 0. The van der Waals surface area contributed by atoms with Crippen molar-refractivity contribution in [2.45, 2.75) is 39.4 Å². The molecule has 2 heteroatoms. The van der Waals surface area contributed by atoms with Crippen LogP contribution in [0, 0.1) is 0 Å². The second kappa shape index (κ2) is 9.49. The Kier molecular flexibility index (Phi) is 7.31. The Morgan fingerprint density at radius 1 is 0.826 bits per heavy atom. The minimum absolute atomic E-state index is 0.0131. The molecule has 2 aromatic rings. The molecule has 0 aromatic heterocycles. The molecule has 0 heterocycles. The van der Waals surface area contributed by atoms with Gasteiger partial charge in [-0.05, 0) is 31.9 Å². The van der Waals surface area contributed by atoms with Crippen molar-refractivity contribution in [2.24, 2.45) is 0 Å². The van der Waals surface area contributed by atoms with E-state index in [0.29, 0.717) is 0 Å². The lowest BCUT2D eigenvalue weighted by atomic mass is 10.0. The highest BCUT2D eigenvalue weighted by Crippen LogP contribution is 2.27. The summed E-state index contributed by atoms with van der Waals surface area (Å²) < 4.78 is 6.45. The molecule has 2 nitrogen and oxygen atoms in total. The van der Waals surface area contributed by atoms with E-state index in [1.54, 1.807) is 4.90 Å². The molecule has 0 saturated carbocycles. The summed E-state index contributed by atoms with van der Waals surface area (Å²) in [6.07, 6.45) is 1.35. The highest BCUT2D eigenvalue weighted by molar-refractivity contribution is 5.29. The largest absolute Gasteiger partial charge is 0.366 e. The maximum Gasteiger partial charge on any atom is 0.108 e. The first-order chi connectivity index (χ1) is 11.2. The number of hydrogen-bond donors (Lipinski definition) is 1. The van der Waals surface area contributed by atoms with Crippen LogP contribution in [0.25, 0.3) is 0 Å². The summed E-state index contributed by atoms with van der Waals surface area (Å²) in [6.45, 7) is 10.2. The molecule has 2 aromatic carbocycles. The monoisotopic (exact) mass is 312 g/mol. The molecular weight excluding hydrogens is 282 g/mol. The number of benzene rings is 2. The van der Waals surface area contributed by atoms with Crippen molar-refractivity contribution >= 4 is 0 Å². The van der Waals surface area contributed by atoms with Crippen LogP contribution in [-0.4, -0.2) is 25.7 Å². The zero-order valence-electron chi connectivity index (χ0n) is 14.7. The smallest absolute Gasteiger partial charge is 0.108 e. The third kappa shape index (κ3) is 5.49. The summed E-state index contributed by atoms with van der Waals surface area (Å²) in [6, 6.07) is 21.1. The Morgan fingerprint density at radius 3 is 1.74 bits per heavy atom. The molecule has 0 radical (unpaired) electrons. The van der Waals surface area contributed by atoms with Gasteiger partial charge in [0, 0.05) is 6.42 Å². The maximum absolute atomic E-state index is 6.45. The topological polar surface area (TPSA) is 13.7 Å². The third-order valence-electron chi connectivity index (χ3n) is 4.48. The molecule has 0 amide bonds. The van der Waals surface area contributed by atoms with Crippen LogP contribution in [0.2, 0.25) is 0 Å². The van der Waals surface area contributed by atoms with E-state index in [2.05, 4.69) is 81.4 Å². The molecule has 1 unspecified atom stereocenters. The second-order valence-corrected chi connectivity index (χ2v) is 6.14. The van der Waals surface area contributed by atoms with E-state index in [1.165, 1.54) is 30.8 Å². The van der Waals surface area contributed by atoms with Gasteiger partial charge in [-0.3, -0.25) is 0 Å². The molecule has 0 aliphatic heterocycles. The van der Waals surface area contributed by atoms with Gasteiger partial charge in [-0.25, -0.2) is 0 Å². The molecule has 1 atom stereocenters. The van der Waals surface area contributed by atoms with E-state index in [9.17, 15) is 0 Å². The van der Waals surface area contributed by atoms with E-state index in [-0.39, 0.29) is 12.2 Å². The van der Waals surface area contributed by atoms with Crippen LogP contribution in [0.3, 0.4) is 0 Å². The molecule has 0 fully saturated rings. The molecule has 124 valence electrons. The molecule has 0 aliphatic rings. The normalized spacial score (nSPS) is 12.7. The van der Waals surface area contributed by atoms with Gasteiger partial charge in [0.2, 0.25) is 0 Å². The van der Waals surface area contributed by atoms with Gasteiger partial charge in [0.25, 0.3) is 0 Å². The number of rotatable bonds is 9. The van der Waals surface area contributed by atoms with Gasteiger partial charge >= 0.3 is 0 Å². The van der Waals surface area contributed by atoms with Crippen LogP contribution in [0.15, 0.2) is 60.7 Å². The van der Waals surface area contributed by atoms with Crippen LogP contribution in [0.1, 0.15) is 44.4 Å². The molecule has 0 bridgehead atoms. The van der Waals surface area contributed by atoms with E-state index in [4.69, 9.17) is 4.74 Å². The molecule has 23 heavy (non-hydrogen) atoms. The summed E-state index contributed by atoms with van der Waals surface area (Å²) in [5, 5.41) is 0. The van der Waals surface area contributed by atoms with Crippen molar-refractivity contribution in [1.29, 1.82) is 0 Å². The Labute approximate surface area is 141 Å². The minimum Gasteiger partial charge on any atom is -0.366 e. The highest BCUT2D eigenvalue weighted by atomic mass is 16.5. The predicted molar refractivity (Wildman–Crippen MR) is 96.8 cm³/mol. The second-order valence-electron chi connectivity index (χ2n) is 6.14. The zero-order valence-corrected chi connectivity index (χ0v) is 14.7. The first-order valence-corrected chi connectivity index (χ1v) is 8.83. The standard InChI is InChI=1S/C21H29NO/c1-4-22(5-2)17-16-18(3)23-21(19-12-8-6-9-13-19)20-14-10-7-11-15-20/h6-15,18,21H,4-5,16-17H2,1-3H3/p+1. The van der Waals surface area contributed by atoms with Gasteiger partial charge in [0.1, 0.15) is 6.10 Å². The van der Waals surface area contributed by atoms with Gasteiger partial charge in [0.15, 0.2) is 0 Å². The van der Waals surface area contributed by atoms with E-state index in [1.807, 2.05) is 0 Å².